The fraction of sp³-hybridized carbons (Fsp3) is 0.571. The number of likely N-dealkylation sites (N-methyl/N-ethyl adjacent to an activating group) is 1. The van der Waals surface area contributed by atoms with Crippen molar-refractivity contribution in [2.45, 2.75) is 38.1 Å². The van der Waals surface area contributed by atoms with E-state index < -0.39 is 0 Å². The zero-order valence-corrected chi connectivity index (χ0v) is 11.5. The minimum atomic E-state index is 0.640. The van der Waals surface area contributed by atoms with Crippen LogP contribution in [0.4, 0.5) is 0 Å². The van der Waals surface area contributed by atoms with E-state index in [9.17, 15) is 0 Å². The largest absolute Gasteiger partial charge is 0.316 e. The first kappa shape index (κ1) is 12.1. The highest BCUT2D eigenvalue weighted by Gasteiger charge is 2.24. The normalized spacial score (nSPS) is 18.9. The second kappa shape index (κ2) is 5.83. The van der Waals surface area contributed by atoms with Gasteiger partial charge >= 0.3 is 0 Å². The number of benzene rings is 1. The maximum absolute atomic E-state index is 3.63. The number of halogens is 1. The van der Waals surface area contributed by atoms with Gasteiger partial charge in [0.1, 0.15) is 0 Å². The van der Waals surface area contributed by atoms with Gasteiger partial charge in [-0.2, -0.15) is 0 Å². The average Bonchev–Trinajstić information content (AvgIpc) is 2.81. The second-order valence-corrected chi connectivity index (χ2v) is 5.59. The highest BCUT2D eigenvalue weighted by atomic mass is 79.9. The summed E-state index contributed by atoms with van der Waals surface area (Å²) in [5, 5.41) is 3.50. The van der Waals surface area contributed by atoms with E-state index in [-0.39, 0.29) is 0 Å². The molecule has 1 aromatic rings. The summed E-state index contributed by atoms with van der Waals surface area (Å²) in [5.74, 6) is 0.872. The standard InChI is InChI=1S/C14H20BrN/c1-16-14(11-6-2-3-7-11)10-12-8-4-5-9-13(12)15/h4-5,8-9,11,14,16H,2-3,6-7,10H2,1H3. The molecule has 0 aromatic heterocycles. The Labute approximate surface area is 107 Å². The Bertz CT molecular complexity index is 331. The van der Waals surface area contributed by atoms with Crippen LogP contribution in [0.5, 0.6) is 0 Å². The van der Waals surface area contributed by atoms with Gasteiger partial charge in [-0.15, -0.1) is 0 Å². The number of hydrogen-bond acceptors (Lipinski definition) is 1. The first-order valence-electron chi connectivity index (χ1n) is 6.22. The van der Waals surface area contributed by atoms with E-state index in [4.69, 9.17) is 0 Å². The second-order valence-electron chi connectivity index (χ2n) is 4.74. The van der Waals surface area contributed by atoms with Gasteiger partial charge in [-0.25, -0.2) is 0 Å². The van der Waals surface area contributed by atoms with Crippen molar-refractivity contribution in [3.63, 3.8) is 0 Å². The summed E-state index contributed by atoms with van der Waals surface area (Å²) in [6.07, 6.45) is 6.77. The molecule has 0 saturated heterocycles. The first-order chi connectivity index (χ1) is 7.81. The highest BCUT2D eigenvalue weighted by Crippen LogP contribution is 2.30. The molecule has 2 rings (SSSR count). The molecule has 0 heterocycles. The number of hydrogen-bond donors (Lipinski definition) is 1. The summed E-state index contributed by atoms with van der Waals surface area (Å²) < 4.78 is 1.24. The quantitative estimate of drug-likeness (QED) is 0.886. The molecule has 1 fully saturated rings. The van der Waals surface area contributed by atoms with Crippen LogP contribution in [0.2, 0.25) is 0 Å². The summed E-state index contributed by atoms with van der Waals surface area (Å²) in [4.78, 5) is 0. The van der Waals surface area contributed by atoms with Crippen molar-refractivity contribution in [2.75, 3.05) is 7.05 Å². The predicted octanol–water partition coefficient (Wildman–Crippen LogP) is 3.77. The third kappa shape index (κ3) is 2.86. The van der Waals surface area contributed by atoms with Gasteiger partial charge < -0.3 is 5.32 Å². The monoisotopic (exact) mass is 281 g/mol. The lowest BCUT2D eigenvalue weighted by Crippen LogP contribution is -2.34. The van der Waals surface area contributed by atoms with Crippen molar-refractivity contribution >= 4 is 15.9 Å². The summed E-state index contributed by atoms with van der Waals surface area (Å²) >= 11 is 3.63. The number of nitrogens with one attached hydrogen (secondary N) is 1. The molecule has 1 N–H and O–H groups in total. The maximum Gasteiger partial charge on any atom is 0.0207 e. The Balaban J connectivity index is 2.03. The van der Waals surface area contributed by atoms with Gasteiger partial charge in [0.25, 0.3) is 0 Å². The number of rotatable bonds is 4. The lowest BCUT2D eigenvalue weighted by molar-refractivity contribution is 0.377. The zero-order chi connectivity index (χ0) is 11.4. The van der Waals surface area contributed by atoms with Crippen LogP contribution in [-0.2, 0) is 6.42 Å². The Kier molecular flexibility index (Phi) is 4.42. The van der Waals surface area contributed by atoms with Gasteiger partial charge in [-0.05, 0) is 43.9 Å². The average molecular weight is 282 g/mol. The molecule has 1 nitrogen and oxygen atoms in total. The molecule has 1 saturated carbocycles. The Morgan fingerprint density at radius 3 is 2.62 bits per heavy atom. The molecule has 1 aliphatic rings. The van der Waals surface area contributed by atoms with Crippen LogP contribution >= 0.6 is 15.9 Å². The van der Waals surface area contributed by atoms with Crippen LogP contribution in [0.3, 0.4) is 0 Å². The van der Waals surface area contributed by atoms with Gasteiger partial charge in [0.15, 0.2) is 0 Å². The van der Waals surface area contributed by atoms with E-state index in [1.165, 1.54) is 35.7 Å². The minimum Gasteiger partial charge on any atom is -0.316 e. The third-order valence-corrected chi connectivity index (χ3v) is 4.51. The van der Waals surface area contributed by atoms with Gasteiger partial charge in [-0.1, -0.05) is 47.0 Å². The van der Waals surface area contributed by atoms with Gasteiger partial charge in [0, 0.05) is 10.5 Å². The molecule has 1 aliphatic carbocycles. The summed E-state index contributed by atoms with van der Waals surface area (Å²) in [7, 11) is 2.10. The van der Waals surface area contributed by atoms with E-state index in [0.29, 0.717) is 6.04 Å². The van der Waals surface area contributed by atoms with E-state index in [0.717, 1.165) is 12.3 Å². The Hall–Kier alpha value is -0.340. The molecule has 0 aliphatic heterocycles. The third-order valence-electron chi connectivity index (χ3n) is 3.74. The molecule has 1 unspecified atom stereocenters. The Morgan fingerprint density at radius 2 is 2.00 bits per heavy atom. The molecular formula is C14H20BrN. The highest BCUT2D eigenvalue weighted by molar-refractivity contribution is 9.10. The van der Waals surface area contributed by atoms with Crippen molar-refractivity contribution < 1.29 is 0 Å². The van der Waals surface area contributed by atoms with Crippen LogP contribution in [0.25, 0.3) is 0 Å². The molecule has 88 valence electrons. The van der Waals surface area contributed by atoms with E-state index >= 15 is 0 Å². The van der Waals surface area contributed by atoms with E-state index in [2.05, 4.69) is 52.6 Å². The van der Waals surface area contributed by atoms with Crippen molar-refractivity contribution in [1.82, 2.24) is 5.32 Å². The molecule has 2 heteroatoms. The summed E-state index contributed by atoms with van der Waals surface area (Å²) in [6, 6.07) is 9.21. The molecule has 0 amide bonds. The molecule has 1 aromatic carbocycles. The van der Waals surface area contributed by atoms with Crippen molar-refractivity contribution in [3.05, 3.63) is 34.3 Å². The SMILES string of the molecule is CNC(Cc1ccccc1Br)C1CCCC1. The first-order valence-corrected chi connectivity index (χ1v) is 7.01. The van der Waals surface area contributed by atoms with Crippen LogP contribution < -0.4 is 5.32 Å². The lowest BCUT2D eigenvalue weighted by Gasteiger charge is -2.23. The zero-order valence-electron chi connectivity index (χ0n) is 9.88. The predicted molar refractivity (Wildman–Crippen MR) is 72.7 cm³/mol. The molecule has 0 radical (unpaired) electrons. The maximum atomic E-state index is 3.63. The summed E-state index contributed by atoms with van der Waals surface area (Å²) in [6.45, 7) is 0. The van der Waals surface area contributed by atoms with Crippen molar-refractivity contribution in [3.8, 4) is 0 Å². The van der Waals surface area contributed by atoms with Gasteiger partial charge in [-0.3, -0.25) is 0 Å². The van der Waals surface area contributed by atoms with Crippen molar-refractivity contribution in [2.24, 2.45) is 5.92 Å². The van der Waals surface area contributed by atoms with Crippen LogP contribution in [0, 0.1) is 5.92 Å². The fourth-order valence-corrected chi connectivity index (χ4v) is 3.21. The smallest absolute Gasteiger partial charge is 0.0207 e. The fourth-order valence-electron chi connectivity index (χ4n) is 2.77. The van der Waals surface area contributed by atoms with Gasteiger partial charge in [0.05, 0.1) is 0 Å². The molecule has 0 bridgehead atoms. The lowest BCUT2D eigenvalue weighted by atomic mass is 9.92. The van der Waals surface area contributed by atoms with E-state index in [1.807, 2.05) is 0 Å². The topological polar surface area (TPSA) is 12.0 Å². The van der Waals surface area contributed by atoms with Gasteiger partial charge in [0.2, 0.25) is 0 Å². The molecular weight excluding hydrogens is 262 g/mol. The molecule has 1 atom stereocenters. The molecule has 0 spiro atoms. The van der Waals surface area contributed by atoms with Crippen LogP contribution in [0.1, 0.15) is 31.2 Å². The van der Waals surface area contributed by atoms with Crippen LogP contribution in [-0.4, -0.2) is 13.1 Å². The van der Waals surface area contributed by atoms with Crippen LogP contribution in [0.15, 0.2) is 28.7 Å². The Morgan fingerprint density at radius 1 is 1.31 bits per heavy atom. The van der Waals surface area contributed by atoms with E-state index in [1.54, 1.807) is 0 Å². The minimum absolute atomic E-state index is 0.640. The summed E-state index contributed by atoms with van der Waals surface area (Å²) in [5.41, 5.74) is 1.42. The molecule has 16 heavy (non-hydrogen) atoms. The van der Waals surface area contributed by atoms with Crippen molar-refractivity contribution in [1.29, 1.82) is 0 Å².